The molecule has 1 saturated carbocycles. The second-order valence-electron chi connectivity index (χ2n) is 14.1. The van der Waals surface area contributed by atoms with Crippen LogP contribution in [0.15, 0.2) is 30.6 Å². The Hall–Kier alpha value is -3.62. The van der Waals surface area contributed by atoms with Gasteiger partial charge in [0.1, 0.15) is 22.9 Å². The van der Waals surface area contributed by atoms with Crippen molar-refractivity contribution in [3.8, 4) is 5.75 Å². The molecule has 1 aliphatic carbocycles. The van der Waals surface area contributed by atoms with E-state index in [0.717, 1.165) is 83.6 Å². The first kappa shape index (κ1) is 32.3. The molecule has 0 spiro atoms. The summed E-state index contributed by atoms with van der Waals surface area (Å²) < 4.78 is 11.6. The lowest BCUT2D eigenvalue weighted by Gasteiger charge is -2.37. The molecule has 46 heavy (non-hydrogen) atoms. The van der Waals surface area contributed by atoms with Crippen molar-refractivity contribution < 1.29 is 19.1 Å². The van der Waals surface area contributed by atoms with Gasteiger partial charge in [-0.2, -0.15) is 0 Å². The molecule has 4 heterocycles. The molecule has 3 aliphatic heterocycles. The van der Waals surface area contributed by atoms with E-state index >= 15 is 0 Å². The Labute approximate surface area is 276 Å². The van der Waals surface area contributed by atoms with E-state index < -0.39 is 5.60 Å². The van der Waals surface area contributed by atoms with E-state index in [1.165, 1.54) is 0 Å². The quantitative estimate of drug-likeness (QED) is 0.405. The molecule has 1 aromatic carbocycles. The minimum Gasteiger partial charge on any atom is -0.490 e. The van der Waals surface area contributed by atoms with Crippen molar-refractivity contribution in [3.63, 3.8) is 0 Å². The first-order valence-electron chi connectivity index (χ1n) is 16.5. The van der Waals surface area contributed by atoms with Crippen LogP contribution in [0.4, 0.5) is 16.3 Å². The van der Waals surface area contributed by atoms with Gasteiger partial charge in [0, 0.05) is 51.4 Å². The molecule has 0 radical (unpaired) electrons. The van der Waals surface area contributed by atoms with Gasteiger partial charge in [-0.15, -0.1) is 0 Å². The summed E-state index contributed by atoms with van der Waals surface area (Å²) in [6.07, 6.45) is 8.40. The minimum absolute atomic E-state index is 0.0475. The summed E-state index contributed by atoms with van der Waals surface area (Å²) >= 11 is 6.14. The number of aromatic nitrogens is 2. The number of ether oxygens (including phenoxy) is 2. The monoisotopic (exact) mass is 649 g/mol. The average Bonchev–Trinajstić information content (AvgIpc) is 3.62. The number of benzene rings is 1. The lowest BCUT2D eigenvalue weighted by atomic mass is 9.93. The van der Waals surface area contributed by atoms with E-state index in [9.17, 15) is 9.59 Å². The molecule has 2 unspecified atom stereocenters. The Morgan fingerprint density at radius 3 is 2.26 bits per heavy atom. The zero-order valence-corrected chi connectivity index (χ0v) is 27.7. The zero-order chi connectivity index (χ0) is 32.4. The number of piperidine rings is 1. The minimum atomic E-state index is -0.466. The number of rotatable bonds is 6. The number of fused-ring (bicyclic) bond motifs is 1. The molecule has 6 rings (SSSR count). The molecule has 246 valence electrons. The molecule has 1 aromatic heterocycles. The molecule has 4 fully saturated rings. The third kappa shape index (κ3) is 7.67. The third-order valence-corrected chi connectivity index (χ3v) is 10.00. The number of nitrogens with zero attached hydrogens (tertiary/aromatic N) is 6. The largest absolute Gasteiger partial charge is 0.490 e. The highest BCUT2D eigenvalue weighted by atomic mass is 35.5. The summed E-state index contributed by atoms with van der Waals surface area (Å²) in [5.74, 6) is 2.46. The number of nitrogens with one attached hydrogen (secondary N) is 1. The van der Waals surface area contributed by atoms with Crippen LogP contribution in [0.3, 0.4) is 0 Å². The van der Waals surface area contributed by atoms with Crippen LogP contribution in [-0.2, 0) is 4.74 Å². The fourth-order valence-electron chi connectivity index (χ4n) is 7.28. The first-order valence-corrected chi connectivity index (χ1v) is 16.9. The van der Waals surface area contributed by atoms with Gasteiger partial charge in [0.25, 0.3) is 5.91 Å². The van der Waals surface area contributed by atoms with Crippen LogP contribution in [0.1, 0.15) is 69.8 Å². The van der Waals surface area contributed by atoms with Crippen molar-refractivity contribution in [2.75, 3.05) is 44.2 Å². The number of anilines is 1. The lowest BCUT2D eigenvalue weighted by Crippen LogP contribution is -2.48. The Bertz CT molecular complexity index is 1430. The number of carbonyl (C=O) groups excluding carboxylic acids is 2. The van der Waals surface area contributed by atoms with Crippen molar-refractivity contribution in [1.29, 1.82) is 0 Å². The Balaban J connectivity index is 0.917. The van der Waals surface area contributed by atoms with Crippen molar-refractivity contribution in [1.82, 2.24) is 25.1 Å². The van der Waals surface area contributed by atoms with Crippen molar-refractivity contribution in [2.24, 2.45) is 11.8 Å². The normalized spacial score (nSPS) is 25.5. The van der Waals surface area contributed by atoms with Gasteiger partial charge in [-0.05, 0) is 83.3 Å². The second-order valence-corrected chi connectivity index (χ2v) is 14.5. The van der Waals surface area contributed by atoms with Crippen LogP contribution in [0, 0.1) is 18.4 Å². The third-order valence-electron chi connectivity index (χ3n) is 9.69. The molecule has 2 atom stereocenters. The number of likely N-dealkylation sites (tertiary alicyclic amines) is 2. The van der Waals surface area contributed by atoms with Crippen molar-refractivity contribution in [3.05, 3.63) is 52.7 Å². The smallest absolute Gasteiger partial charge is 0.410 e. The summed E-state index contributed by atoms with van der Waals surface area (Å²) in [6, 6.07) is 5.72. The molecule has 0 bridgehead atoms. The lowest BCUT2D eigenvalue weighted by molar-refractivity contribution is 0.0152. The van der Waals surface area contributed by atoms with Gasteiger partial charge in [-0.25, -0.2) is 19.6 Å². The molecular formula is C34H44ClN7O4. The van der Waals surface area contributed by atoms with E-state index in [1.54, 1.807) is 30.6 Å². The van der Waals surface area contributed by atoms with Gasteiger partial charge in [-0.1, -0.05) is 17.7 Å². The fraction of sp³-hybridized carbons (Fsp3) is 0.618. The standard InChI is InChI=1S/C34H44ClN7O4/c1-34(2,3)46-33(44)40-13-11-25(12-14-40)41-18-22-20-42(21-23(22)19-41)31-17-37-30(16-38-31)32(43)39-24-5-7-26(8-6-24)45-27-9-10-29(36-4)28(35)15-27/h9-10,15-17,22-26H,5-8,11-14,18-21H2,1-3H3,(H,39,43). The van der Waals surface area contributed by atoms with E-state index in [4.69, 9.17) is 27.6 Å². The van der Waals surface area contributed by atoms with Crippen LogP contribution in [0.25, 0.3) is 4.85 Å². The van der Waals surface area contributed by atoms with Crippen LogP contribution >= 0.6 is 11.6 Å². The van der Waals surface area contributed by atoms with Crippen LogP contribution < -0.4 is 15.0 Å². The van der Waals surface area contributed by atoms with Gasteiger partial charge in [0.2, 0.25) is 5.69 Å². The summed E-state index contributed by atoms with van der Waals surface area (Å²) in [4.78, 5) is 44.7. The number of halogens is 1. The molecule has 11 nitrogen and oxygen atoms in total. The predicted octanol–water partition coefficient (Wildman–Crippen LogP) is 5.57. The van der Waals surface area contributed by atoms with E-state index in [-0.39, 0.29) is 24.1 Å². The Morgan fingerprint density at radius 2 is 1.67 bits per heavy atom. The zero-order valence-electron chi connectivity index (χ0n) is 27.0. The predicted molar refractivity (Wildman–Crippen MR) is 175 cm³/mol. The van der Waals surface area contributed by atoms with Gasteiger partial charge >= 0.3 is 6.09 Å². The fourth-order valence-corrected chi connectivity index (χ4v) is 7.50. The van der Waals surface area contributed by atoms with Gasteiger partial charge < -0.3 is 24.6 Å². The SMILES string of the molecule is [C-]#[N+]c1ccc(OC2CCC(NC(=O)c3cnc(N4CC5CN(C6CCN(C(=O)OC(C)(C)C)CC6)CC5C4)cn3)CC2)cc1Cl. The highest BCUT2D eigenvalue weighted by molar-refractivity contribution is 6.33. The van der Waals surface area contributed by atoms with E-state index in [2.05, 4.69) is 29.9 Å². The maximum Gasteiger partial charge on any atom is 0.410 e. The van der Waals surface area contributed by atoms with Gasteiger partial charge in [0.15, 0.2) is 0 Å². The maximum absolute atomic E-state index is 12.9. The molecule has 2 amide bonds. The topological polar surface area (TPSA) is 104 Å². The molecule has 2 aromatic rings. The highest BCUT2D eigenvalue weighted by Crippen LogP contribution is 2.36. The highest BCUT2D eigenvalue weighted by Gasteiger charge is 2.43. The summed E-state index contributed by atoms with van der Waals surface area (Å²) in [7, 11) is 0. The van der Waals surface area contributed by atoms with Crippen molar-refractivity contribution >= 4 is 35.1 Å². The molecule has 4 aliphatic rings. The van der Waals surface area contributed by atoms with Gasteiger partial charge in [-0.3, -0.25) is 9.69 Å². The van der Waals surface area contributed by atoms with E-state index in [0.29, 0.717) is 40.0 Å². The maximum atomic E-state index is 12.9. The summed E-state index contributed by atoms with van der Waals surface area (Å²) in [5, 5.41) is 3.51. The number of amides is 2. The first-order chi connectivity index (χ1) is 22.0. The summed E-state index contributed by atoms with van der Waals surface area (Å²) in [5.41, 5.74) is 0.282. The van der Waals surface area contributed by atoms with Gasteiger partial charge in [0.05, 0.1) is 30.1 Å². The molecule has 12 heteroatoms. The number of hydrogen-bond acceptors (Lipinski definition) is 8. The molecule has 1 N–H and O–H groups in total. The second kappa shape index (κ2) is 13.6. The number of carbonyl (C=O) groups is 2. The van der Waals surface area contributed by atoms with Crippen LogP contribution in [0.2, 0.25) is 5.02 Å². The average molecular weight is 650 g/mol. The molecule has 3 saturated heterocycles. The Morgan fingerprint density at radius 1 is 0.978 bits per heavy atom. The van der Waals surface area contributed by atoms with Crippen LogP contribution in [-0.4, -0.2) is 94.8 Å². The molecular weight excluding hydrogens is 606 g/mol. The summed E-state index contributed by atoms with van der Waals surface area (Å²) in [6.45, 7) is 18.4. The van der Waals surface area contributed by atoms with E-state index in [1.807, 2.05) is 25.7 Å². The number of hydrogen-bond donors (Lipinski definition) is 1. The Kier molecular flexibility index (Phi) is 9.57. The van der Waals surface area contributed by atoms with Crippen LogP contribution in [0.5, 0.6) is 5.75 Å². The van der Waals surface area contributed by atoms with Crippen molar-refractivity contribution in [2.45, 2.75) is 83.1 Å².